The van der Waals surface area contributed by atoms with Crippen LogP contribution in [0, 0.1) is 25.2 Å². The van der Waals surface area contributed by atoms with Crippen LogP contribution >= 0.6 is 0 Å². The number of carbonyl (C=O) groups is 2. The standard InChI is InChI=1S/C28H40N4O3/c1-17-6-10-23(18(2)12-17)29-24(33)15-21(9-11-25(34)35)26-27(20-7-8-20)32(31-30-26)22-13-19(14-22)16-28(3,4)5/h6,10,12,19-22H,7-9,11,13-16H2,1-5H3,(H,29,33)(H,34,35)/t19-,21-,22+/m0/s1. The van der Waals surface area contributed by atoms with Crippen molar-refractivity contribution in [1.82, 2.24) is 15.0 Å². The van der Waals surface area contributed by atoms with Gasteiger partial charge in [-0.25, -0.2) is 4.68 Å². The Labute approximate surface area is 208 Å². The molecule has 0 spiro atoms. The summed E-state index contributed by atoms with van der Waals surface area (Å²) >= 11 is 0. The number of nitrogens with zero attached hydrogens (tertiary/aromatic N) is 3. The Morgan fingerprint density at radius 2 is 1.91 bits per heavy atom. The van der Waals surface area contributed by atoms with E-state index in [1.807, 2.05) is 32.0 Å². The molecular weight excluding hydrogens is 440 g/mol. The number of carboxylic acids is 1. The smallest absolute Gasteiger partial charge is 0.303 e. The third-order valence-electron chi connectivity index (χ3n) is 7.36. The molecule has 2 aliphatic rings. The van der Waals surface area contributed by atoms with Crippen molar-refractivity contribution in [2.75, 3.05) is 5.32 Å². The van der Waals surface area contributed by atoms with Crippen LogP contribution in [-0.4, -0.2) is 32.0 Å². The number of hydrogen-bond donors (Lipinski definition) is 2. The van der Waals surface area contributed by atoms with E-state index >= 15 is 0 Å². The number of aryl methyl sites for hydroxylation is 2. The van der Waals surface area contributed by atoms with Crippen LogP contribution in [0.4, 0.5) is 5.69 Å². The average molecular weight is 481 g/mol. The van der Waals surface area contributed by atoms with Crippen LogP contribution in [0.15, 0.2) is 18.2 Å². The molecule has 0 radical (unpaired) electrons. The molecule has 7 nitrogen and oxygen atoms in total. The van der Waals surface area contributed by atoms with E-state index < -0.39 is 5.97 Å². The quantitative estimate of drug-likeness (QED) is 0.426. The number of carbonyl (C=O) groups excluding carboxylic acids is 1. The number of aliphatic carboxylic acids is 1. The van der Waals surface area contributed by atoms with Gasteiger partial charge in [0, 0.05) is 30.4 Å². The topological polar surface area (TPSA) is 97.1 Å². The summed E-state index contributed by atoms with van der Waals surface area (Å²) in [5.41, 5.74) is 5.27. The molecule has 2 aromatic rings. The fourth-order valence-electron chi connectivity index (χ4n) is 5.57. The number of carboxylic acid groups (broad SMARTS) is 1. The average Bonchev–Trinajstić information content (AvgIpc) is 3.47. The highest BCUT2D eigenvalue weighted by Gasteiger charge is 2.40. The van der Waals surface area contributed by atoms with E-state index in [0.717, 1.165) is 53.9 Å². The molecule has 2 saturated carbocycles. The summed E-state index contributed by atoms with van der Waals surface area (Å²) in [7, 11) is 0. The van der Waals surface area contributed by atoms with Crippen LogP contribution in [0.1, 0.15) is 113 Å². The van der Waals surface area contributed by atoms with Crippen molar-refractivity contribution >= 4 is 17.6 Å². The van der Waals surface area contributed by atoms with Gasteiger partial charge in [0.15, 0.2) is 0 Å². The molecule has 0 aliphatic heterocycles. The van der Waals surface area contributed by atoms with Gasteiger partial charge < -0.3 is 10.4 Å². The molecule has 1 aromatic heterocycles. The van der Waals surface area contributed by atoms with Crippen LogP contribution in [0.3, 0.4) is 0 Å². The zero-order chi connectivity index (χ0) is 25.3. The number of rotatable bonds is 10. The first-order valence-corrected chi connectivity index (χ1v) is 13.0. The molecule has 1 amide bonds. The maximum atomic E-state index is 13.0. The Morgan fingerprint density at radius 1 is 1.20 bits per heavy atom. The molecule has 0 saturated heterocycles. The Balaban J connectivity index is 1.51. The lowest BCUT2D eigenvalue weighted by molar-refractivity contribution is -0.137. The van der Waals surface area contributed by atoms with Crippen molar-refractivity contribution in [3.05, 3.63) is 40.7 Å². The molecule has 1 aromatic carbocycles. The van der Waals surface area contributed by atoms with E-state index in [9.17, 15) is 14.7 Å². The fourth-order valence-corrected chi connectivity index (χ4v) is 5.57. The van der Waals surface area contributed by atoms with Crippen molar-refractivity contribution in [1.29, 1.82) is 0 Å². The fraction of sp³-hybridized carbons (Fsp3) is 0.643. The van der Waals surface area contributed by atoms with Crippen molar-refractivity contribution in [3.8, 4) is 0 Å². The Hall–Kier alpha value is -2.70. The molecular formula is C28H40N4O3. The minimum atomic E-state index is -0.853. The summed E-state index contributed by atoms with van der Waals surface area (Å²) in [5, 5.41) is 21.5. The molecule has 4 rings (SSSR count). The van der Waals surface area contributed by atoms with Gasteiger partial charge in [-0.3, -0.25) is 9.59 Å². The summed E-state index contributed by atoms with van der Waals surface area (Å²) in [4.78, 5) is 24.4. The first-order chi connectivity index (χ1) is 16.5. The minimum absolute atomic E-state index is 0.00948. The van der Waals surface area contributed by atoms with Gasteiger partial charge in [-0.1, -0.05) is 43.7 Å². The highest BCUT2D eigenvalue weighted by Crippen LogP contribution is 2.49. The summed E-state index contributed by atoms with van der Waals surface area (Å²) < 4.78 is 2.13. The lowest BCUT2D eigenvalue weighted by Gasteiger charge is -2.39. The van der Waals surface area contributed by atoms with E-state index in [-0.39, 0.29) is 24.7 Å². The van der Waals surface area contributed by atoms with Crippen LogP contribution in [0.5, 0.6) is 0 Å². The van der Waals surface area contributed by atoms with Gasteiger partial charge in [0.25, 0.3) is 0 Å². The maximum Gasteiger partial charge on any atom is 0.303 e. The highest BCUT2D eigenvalue weighted by molar-refractivity contribution is 5.92. The van der Waals surface area contributed by atoms with E-state index in [0.29, 0.717) is 29.7 Å². The van der Waals surface area contributed by atoms with E-state index in [1.54, 1.807) is 0 Å². The molecule has 2 aliphatic carbocycles. The van der Waals surface area contributed by atoms with Gasteiger partial charge >= 0.3 is 5.97 Å². The van der Waals surface area contributed by atoms with Crippen LogP contribution in [0.25, 0.3) is 0 Å². The SMILES string of the molecule is Cc1ccc(NC(=O)C[C@H](CCC(=O)O)c2nnn([C@H]3C[C@@H](CC(C)(C)C)C3)c2C2CC2)c(C)c1. The van der Waals surface area contributed by atoms with Crippen molar-refractivity contribution in [2.45, 2.75) is 104 Å². The van der Waals surface area contributed by atoms with Gasteiger partial charge in [-0.15, -0.1) is 5.10 Å². The predicted octanol–water partition coefficient (Wildman–Crippen LogP) is 6.14. The zero-order valence-corrected chi connectivity index (χ0v) is 21.8. The van der Waals surface area contributed by atoms with Crippen molar-refractivity contribution in [2.24, 2.45) is 11.3 Å². The molecule has 0 bridgehead atoms. The van der Waals surface area contributed by atoms with Gasteiger partial charge in [0.1, 0.15) is 0 Å². The Kier molecular flexibility index (Phi) is 7.34. The summed E-state index contributed by atoms with van der Waals surface area (Å²) in [6, 6.07) is 6.31. The second-order valence-electron chi connectivity index (χ2n) is 12.0. The van der Waals surface area contributed by atoms with Gasteiger partial charge in [0.05, 0.1) is 17.4 Å². The van der Waals surface area contributed by atoms with Crippen LogP contribution < -0.4 is 5.32 Å². The second kappa shape index (κ2) is 10.1. The molecule has 2 fully saturated rings. The number of anilines is 1. The highest BCUT2D eigenvalue weighted by atomic mass is 16.4. The van der Waals surface area contributed by atoms with Crippen molar-refractivity contribution < 1.29 is 14.7 Å². The third kappa shape index (κ3) is 6.50. The number of hydrogen-bond acceptors (Lipinski definition) is 4. The first-order valence-electron chi connectivity index (χ1n) is 13.0. The predicted molar refractivity (Wildman–Crippen MR) is 137 cm³/mol. The second-order valence-corrected chi connectivity index (χ2v) is 12.0. The molecule has 190 valence electrons. The number of nitrogens with one attached hydrogen (secondary N) is 1. The molecule has 0 unspecified atom stereocenters. The number of aromatic nitrogens is 3. The Morgan fingerprint density at radius 3 is 2.51 bits per heavy atom. The Bertz CT molecular complexity index is 1070. The lowest BCUT2D eigenvalue weighted by Crippen LogP contribution is -2.31. The monoisotopic (exact) mass is 480 g/mol. The van der Waals surface area contributed by atoms with E-state index in [4.69, 9.17) is 0 Å². The van der Waals surface area contributed by atoms with Gasteiger partial charge in [-0.2, -0.15) is 0 Å². The third-order valence-corrected chi connectivity index (χ3v) is 7.36. The molecule has 1 atom stereocenters. The first kappa shape index (κ1) is 25.4. The molecule has 2 N–H and O–H groups in total. The summed E-state index contributed by atoms with van der Waals surface area (Å²) in [6.07, 6.45) is 6.26. The summed E-state index contributed by atoms with van der Waals surface area (Å²) in [6.45, 7) is 10.9. The van der Waals surface area contributed by atoms with Gasteiger partial charge in [0.2, 0.25) is 5.91 Å². The normalized spacial score (nSPS) is 20.8. The maximum absolute atomic E-state index is 13.0. The van der Waals surface area contributed by atoms with Crippen LogP contribution in [0.2, 0.25) is 0 Å². The number of benzene rings is 1. The molecule has 1 heterocycles. The minimum Gasteiger partial charge on any atom is -0.481 e. The van der Waals surface area contributed by atoms with E-state index in [1.165, 1.54) is 6.42 Å². The van der Waals surface area contributed by atoms with E-state index in [2.05, 4.69) is 41.1 Å². The summed E-state index contributed by atoms with van der Waals surface area (Å²) in [5.74, 6) is -0.0826. The van der Waals surface area contributed by atoms with Gasteiger partial charge in [-0.05, 0) is 75.3 Å². The largest absolute Gasteiger partial charge is 0.481 e. The molecule has 7 heteroatoms. The molecule has 35 heavy (non-hydrogen) atoms. The number of amides is 1. The lowest BCUT2D eigenvalue weighted by atomic mass is 9.71. The van der Waals surface area contributed by atoms with Crippen LogP contribution in [-0.2, 0) is 9.59 Å². The van der Waals surface area contributed by atoms with Crippen molar-refractivity contribution in [3.63, 3.8) is 0 Å². The zero-order valence-electron chi connectivity index (χ0n) is 21.8.